The van der Waals surface area contributed by atoms with Crippen LogP contribution in [-0.4, -0.2) is 46.1 Å². The number of amides is 1. The lowest BCUT2D eigenvalue weighted by atomic mass is 9.94. The summed E-state index contributed by atoms with van der Waals surface area (Å²) in [6.07, 6.45) is 4.37. The minimum Gasteiger partial charge on any atom is -0.351 e. The Morgan fingerprint density at radius 1 is 1.52 bits per heavy atom. The molecule has 1 aromatic rings. The van der Waals surface area contributed by atoms with Gasteiger partial charge in [-0.2, -0.15) is 0 Å². The molecule has 2 heterocycles. The van der Waals surface area contributed by atoms with E-state index in [0.717, 1.165) is 31.6 Å². The highest BCUT2D eigenvalue weighted by molar-refractivity contribution is 7.08. The van der Waals surface area contributed by atoms with Gasteiger partial charge in [0.2, 0.25) is 0 Å². The second-order valence-corrected chi connectivity index (χ2v) is 6.80. The summed E-state index contributed by atoms with van der Waals surface area (Å²) in [5.74, 6) is 0.685. The minimum atomic E-state index is -0.0154. The van der Waals surface area contributed by atoms with Crippen LogP contribution in [0.25, 0.3) is 0 Å². The average Bonchev–Trinajstić information content (AvgIpc) is 2.96. The molecule has 1 fully saturated rings. The number of likely N-dealkylation sites (tertiary alicyclic amines) is 1. The number of hydrogen-bond acceptors (Lipinski definition) is 5. The molecule has 0 aliphatic carbocycles. The van der Waals surface area contributed by atoms with Gasteiger partial charge in [0, 0.05) is 19.1 Å². The van der Waals surface area contributed by atoms with E-state index in [4.69, 9.17) is 0 Å². The Hall–Kier alpha value is -1.01. The Morgan fingerprint density at radius 2 is 2.33 bits per heavy atom. The highest BCUT2D eigenvalue weighted by Crippen LogP contribution is 2.20. The van der Waals surface area contributed by atoms with Crippen LogP contribution in [0.3, 0.4) is 0 Å². The molecule has 118 valence electrons. The number of carbonyl (C=O) groups is 1. The molecule has 0 bridgehead atoms. The number of piperidine rings is 1. The first kappa shape index (κ1) is 16.4. The number of rotatable bonds is 6. The molecular weight excluding hydrogens is 284 g/mol. The summed E-state index contributed by atoms with van der Waals surface area (Å²) in [6.45, 7) is 9.63. The Kier molecular flexibility index (Phi) is 6.11. The summed E-state index contributed by atoms with van der Waals surface area (Å²) < 4.78 is 3.87. The topological polar surface area (TPSA) is 58.1 Å². The van der Waals surface area contributed by atoms with Gasteiger partial charge in [0.25, 0.3) is 5.91 Å². The number of aromatic nitrogens is 2. The van der Waals surface area contributed by atoms with Crippen molar-refractivity contribution in [2.24, 2.45) is 5.92 Å². The van der Waals surface area contributed by atoms with Crippen LogP contribution in [0.5, 0.6) is 0 Å². The summed E-state index contributed by atoms with van der Waals surface area (Å²) in [5, 5.41) is 7.01. The minimum absolute atomic E-state index is 0.0154. The van der Waals surface area contributed by atoms with Crippen LogP contribution in [0.4, 0.5) is 0 Å². The zero-order chi connectivity index (χ0) is 15.2. The van der Waals surface area contributed by atoms with E-state index in [1.54, 1.807) is 0 Å². The molecule has 1 saturated heterocycles. The maximum Gasteiger partial charge on any atom is 0.264 e. The van der Waals surface area contributed by atoms with Gasteiger partial charge in [-0.25, -0.2) is 0 Å². The first-order chi connectivity index (χ1) is 10.1. The van der Waals surface area contributed by atoms with E-state index in [9.17, 15) is 4.79 Å². The largest absolute Gasteiger partial charge is 0.351 e. The van der Waals surface area contributed by atoms with Crippen molar-refractivity contribution in [3.8, 4) is 0 Å². The van der Waals surface area contributed by atoms with Gasteiger partial charge in [0.1, 0.15) is 4.88 Å². The van der Waals surface area contributed by atoms with Gasteiger partial charge in [-0.3, -0.25) is 4.79 Å². The summed E-state index contributed by atoms with van der Waals surface area (Å²) in [4.78, 5) is 15.3. The molecule has 2 rings (SSSR count). The standard InChI is InChI=1S/C15H26N4OS/c1-4-13-14(21-18-17-13)15(20)16-8-7-12-6-5-9-19(10-12)11(2)3/h11-12H,4-10H2,1-3H3,(H,16,20)/t12-/m1/s1. The monoisotopic (exact) mass is 310 g/mol. The average molecular weight is 310 g/mol. The van der Waals surface area contributed by atoms with Gasteiger partial charge in [-0.1, -0.05) is 11.4 Å². The maximum absolute atomic E-state index is 12.1. The molecule has 0 unspecified atom stereocenters. The van der Waals surface area contributed by atoms with Crippen molar-refractivity contribution >= 4 is 17.4 Å². The molecule has 1 aliphatic rings. The predicted molar refractivity (Wildman–Crippen MR) is 85.7 cm³/mol. The molecule has 6 heteroatoms. The smallest absolute Gasteiger partial charge is 0.264 e. The Labute approximate surface area is 131 Å². The van der Waals surface area contributed by atoms with Crippen molar-refractivity contribution in [1.82, 2.24) is 19.8 Å². The number of hydrogen-bond donors (Lipinski definition) is 1. The highest BCUT2D eigenvalue weighted by Gasteiger charge is 2.22. The van der Waals surface area contributed by atoms with Gasteiger partial charge in [-0.15, -0.1) is 5.10 Å². The van der Waals surface area contributed by atoms with E-state index < -0.39 is 0 Å². The van der Waals surface area contributed by atoms with Crippen LogP contribution in [0.2, 0.25) is 0 Å². The second kappa shape index (κ2) is 7.84. The molecule has 21 heavy (non-hydrogen) atoms. The number of nitrogens with one attached hydrogen (secondary N) is 1. The Balaban J connectivity index is 1.75. The fourth-order valence-corrected chi connectivity index (χ4v) is 3.55. The summed E-state index contributed by atoms with van der Waals surface area (Å²) in [5.41, 5.74) is 0.807. The zero-order valence-corrected chi connectivity index (χ0v) is 14.1. The van der Waals surface area contributed by atoms with Crippen LogP contribution < -0.4 is 5.32 Å². The van der Waals surface area contributed by atoms with E-state index in [-0.39, 0.29) is 5.91 Å². The predicted octanol–water partition coefficient (Wildman–Crippen LogP) is 2.34. The molecule has 0 saturated carbocycles. The molecular formula is C15H26N4OS. The lowest BCUT2D eigenvalue weighted by molar-refractivity contribution is 0.0945. The first-order valence-electron chi connectivity index (χ1n) is 7.95. The lowest BCUT2D eigenvalue weighted by Gasteiger charge is -2.35. The second-order valence-electron chi connectivity index (χ2n) is 6.04. The SMILES string of the molecule is CCc1nnsc1C(=O)NCC[C@H]1CCCN(C(C)C)C1. The van der Waals surface area contributed by atoms with Crippen LogP contribution in [0.1, 0.15) is 55.4 Å². The fourth-order valence-electron chi connectivity index (χ4n) is 2.88. The molecule has 0 radical (unpaired) electrons. The first-order valence-corrected chi connectivity index (χ1v) is 8.72. The van der Waals surface area contributed by atoms with Gasteiger partial charge in [0.15, 0.2) is 0 Å². The van der Waals surface area contributed by atoms with Crippen molar-refractivity contribution in [3.05, 3.63) is 10.6 Å². The van der Waals surface area contributed by atoms with Crippen LogP contribution in [0.15, 0.2) is 0 Å². The third-order valence-electron chi connectivity index (χ3n) is 4.22. The number of carbonyl (C=O) groups excluding carboxylic acids is 1. The van der Waals surface area contributed by atoms with Crippen LogP contribution in [-0.2, 0) is 6.42 Å². The van der Waals surface area contributed by atoms with Crippen molar-refractivity contribution in [1.29, 1.82) is 0 Å². The van der Waals surface area contributed by atoms with E-state index >= 15 is 0 Å². The van der Waals surface area contributed by atoms with E-state index in [2.05, 4.69) is 33.7 Å². The Bertz CT molecular complexity index is 460. The van der Waals surface area contributed by atoms with Gasteiger partial charge in [-0.05, 0) is 63.5 Å². The molecule has 1 N–H and O–H groups in total. The number of aryl methyl sites for hydroxylation is 1. The summed E-state index contributed by atoms with van der Waals surface area (Å²) >= 11 is 1.19. The van der Waals surface area contributed by atoms with Crippen molar-refractivity contribution in [2.45, 2.75) is 52.5 Å². The normalized spacial score (nSPS) is 19.9. The van der Waals surface area contributed by atoms with E-state index in [0.29, 0.717) is 16.8 Å². The Morgan fingerprint density at radius 3 is 3.05 bits per heavy atom. The third-order valence-corrected chi connectivity index (χ3v) is 4.98. The molecule has 1 amide bonds. The summed E-state index contributed by atoms with van der Waals surface area (Å²) in [7, 11) is 0. The van der Waals surface area contributed by atoms with Crippen molar-refractivity contribution in [3.63, 3.8) is 0 Å². The fraction of sp³-hybridized carbons (Fsp3) is 0.800. The zero-order valence-electron chi connectivity index (χ0n) is 13.3. The number of nitrogens with zero attached hydrogens (tertiary/aromatic N) is 3. The maximum atomic E-state index is 12.1. The van der Waals surface area contributed by atoms with Gasteiger partial charge >= 0.3 is 0 Å². The molecule has 1 aromatic heterocycles. The van der Waals surface area contributed by atoms with Gasteiger partial charge < -0.3 is 10.2 Å². The molecule has 5 nitrogen and oxygen atoms in total. The van der Waals surface area contributed by atoms with E-state index in [1.807, 2.05) is 6.92 Å². The van der Waals surface area contributed by atoms with Crippen LogP contribution in [0, 0.1) is 5.92 Å². The third kappa shape index (κ3) is 4.48. The molecule has 0 spiro atoms. The molecule has 1 atom stereocenters. The molecule has 1 aliphatic heterocycles. The van der Waals surface area contributed by atoms with E-state index in [1.165, 1.54) is 30.9 Å². The van der Waals surface area contributed by atoms with Crippen LogP contribution >= 0.6 is 11.5 Å². The molecule has 0 aromatic carbocycles. The quantitative estimate of drug-likeness (QED) is 0.876. The highest BCUT2D eigenvalue weighted by atomic mass is 32.1. The lowest BCUT2D eigenvalue weighted by Crippen LogP contribution is -2.40. The van der Waals surface area contributed by atoms with Gasteiger partial charge in [0.05, 0.1) is 5.69 Å². The van der Waals surface area contributed by atoms with Crippen molar-refractivity contribution < 1.29 is 4.79 Å². The summed E-state index contributed by atoms with van der Waals surface area (Å²) in [6, 6.07) is 0.623. The van der Waals surface area contributed by atoms with Crippen molar-refractivity contribution in [2.75, 3.05) is 19.6 Å².